The third-order valence-corrected chi connectivity index (χ3v) is 5.42. The number of nitrogens with one attached hydrogen (secondary N) is 5. The fraction of sp³-hybridized carbons (Fsp3) is 0.360. The van der Waals surface area contributed by atoms with Gasteiger partial charge in [0, 0.05) is 56.0 Å². The number of hydrogen-bond donors (Lipinski definition) is 5. The third kappa shape index (κ3) is 7.88. The van der Waals surface area contributed by atoms with E-state index >= 15 is 0 Å². The second kappa shape index (κ2) is 13.3. The Kier molecular flexibility index (Phi) is 10.5. The largest absolute Gasteiger partial charge is 0.454 e. The first-order chi connectivity index (χ1) is 16.3. The van der Waals surface area contributed by atoms with Crippen LogP contribution in [0, 0.1) is 0 Å². The Morgan fingerprint density at radius 2 is 2.03 bits per heavy atom. The molecular formula is C25H34ClN5O3. The maximum atomic E-state index is 12.6. The summed E-state index contributed by atoms with van der Waals surface area (Å²) in [7, 11) is 3.63. The number of carbonyl (C=O) groups is 2. The van der Waals surface area contributed by atoms with E-state index in [1.165, 1.54) is 0 Å². The zero-order chi connectivity index (χ0) is 25.1. The highest BCUT2D eigenvalue weighted by Gasteiger charge is 2.34. The van der Waals surface area contributed by atoms with Gasteiger partial charge >= 0.3 is 0 Å². The van der Waals surface area contributed by atoms with Crippen LogP contribution >= 0.6 is 11.6 Å². The average Bonchev–Trinajstić information content (AvgIpc) is 3.23. The van der Waals surface area contributed by atoms with E-state index in [4.69, 9.17) is 16.3 Å². The summed E-state index contributed by atoms with van der Waals surface area (Å²) in [5.41, 5.74) is 3.35. The molecule has 34 heavy (non-hydrogen) atoms. The molecule has 2 amide bonds. The minimum atomic E-state index is -0.506. The topological polar surface area (TPSA) is 104 Å². The SMILES string of the molecule is C=C/C(C)=C/C=C1\CC2=C(O1)C(=O)NC(C(/C=C\CNC(=O)CC/C(=C/NC)NC)=C(/C)Cl)N2. The quantitative estimate of drug-likeness (QED) is 0.287. The lowest BCUT2D eigenvalue weighted by molar-refractivity contribution is -0.121. The van der Waals surface area contributed by atoms with E-state index in [1.807, 2.05) is 39.4 Å². The van der Waals surface area contributed by atoms with Crippen LogP contribution in [-0.2, 0) is 14.3 Å². The first-order valence-electron chi connectivity index (χ1n) is 11.1. The number of ether oxygens (including phenoxy) is 1. The van der Waals surface area contributed by atoms with Gasteiger partial charge in [-0.05, 0) is 26.3 Å². The molecule has 2 heterocycles. The Hall–Kier alpha value is -3.39. The molecular weight excluding hydrogens is 454 g/mol. The van der Waals surface area contributed by atoms with Crippen LogP contribution in [0.4, 0.5) is 0 Å². The van der Waals surface area contributed by atoms with Gasteiger partial charge in [-0.1, -0.05) is 48.1 Å². The van der Waals surface area contributed by atoms with E-state index in [-0.39, 0.29) is 17.6 Å². The highest BCUT2D eigenvalue weighted by Crippen LogP contribution is 2.30. The van der Waals surface area contributed by atoms with Gasteiger partial charge in [0.1, 0.15) is 11.9 Å². The molecule has 184 valence electrons. The molecule has 0 saturated heterocycles. The number of allylic oxidation sites excluding steroid dienone is 6. The summed E-state index contributed by atoms with van der Waals surface area (Å²) >= 11 is 6.32. The van der Waals surface area contributed by atoms with Gasteiger partial charge in [0.25, 0.3) is 5.91 Å². The molecule has 2 aliphatic heterocycles. The van der Waals surface area contributed by atoms with Gasteiger partial charge in [0.05, 0.1) is 5.70 Å². The van der Waals surface area contributed by atoms with Crippen molar-refractivity contribution in [3.63, 3.8) is 0 Å². The predicted octanol–water partition coefficient (Wildman–Crippen LogP) is 2.93. The number of halogens is 1. The average molecular weight is 488 g/mol. The molecule has 0 aromatic heterocycles. The standard InChI is InChI=1S/C25H34ClN5O3/c1-6-16(2)9-11-19-14-21-23(34-19)25(33)31-24(30-21)20(17(3)26)8-7-13-29-22(32)12-10-18(28-5)15-27-4/h6-9,11,15,24,27-28,30H,1,10,12-14H2,2-5H3,(H,29,32)(H,31,33)/b8-7-,16-9+,18-15-,19-11+,20-17-. The predicted molar refractivity (Wildman–Crippen MR) is 136 cm³/mol. The van der Waals surface area contributed by atoms with Crippen LogP contribution in [-0.4, -0.2) is 38.6 Å². The lowest BCUT2D eigenvalue weighted by Gasteiger charge is -2.27. The molecule has 9 heteroatoms. The molecule has 0 bridgehead atoms. The van der Waals surface area contributed by atoms with Crippen molar-refractivity contribution in [1.82, 2.24) is 26.6 Å². The van der Waals surface area contributed by atoms with Crippen molar-refractivity contribution in [2.45, 2.75) is 39.3 Å². The van der Waals surface area contributed by atoms with Crippen molar-refractivity contribution in [2.24, 2.45) is 0 Å². The molecule has 0 aromatic rings. The van der Waals surface area contributed by atoms with Crippen LogP contribution < -0.4 is 26.6 Å². The van der Waals surface area contributed by atoms with Crippen molar-refractivity contribution >= 4 is 23.4 Å². The normalized spacial score (nSPS) is 20.3. The second-order valence-electron chi connectivity index (χ2n) is 7.79. The Bertz CT molecular complexity index is 985. The lowest BCUT2D eigenvalue weighted by atomic mass is 10.1. The smallest absolute Gasteiger partial charge is 0.290 e. The monoisotopic (exact) mass is 487 g/mol. The minimum Gasteiger partial charge on any atom is -0.454 e. The van der Waals surface area contributed by atoms with Gasteiger partial charge in [-0.3, -0.25) is 9.59 Å². The van der Waals surface area contributed by atoms with Crippen LogP contribution in [0.3, 0.4) is 0 Å². The molecule has 0 spiro atoms. The first kappa shape index (κ1) is 26.9. The highest BCUT2D eigenvalue weighted by molar-refractivity contribution is 6.29. The van der Waals surface area contributed by atoms with Crippen molar-refractivity contribution < 1.29 is 14.3 Å². The molecule has 0 radical (unpaired) electrons. The summed E-state index contributed by atoms with van der Waals surface area (Å²) < 4.78 is 5.71. The third-order valence-electron chi connectivity index (χ3n) is 5.20. The molecule has 0 aromatic carbocycles. The van der Waals surface area contributed by atoms with Crippen LogP contribution in [0.15, 0.2) is 82.2 Å². The van der Waals surface area contributed by atoms with Gasteiger partial charge in [0.15, 0.2) is 0 Å². The van der Waals surface area contributed by atoms with Gasteiger partial charge in [-0.2, -0.15) is 0 Å². The molecule has 8 nitrogen and oxygen atoms in total. The maximum absolute atomic E-state index is 12.6. The van der Waals surface area contributed by atoms with Gasteiger partial charge in [0.2, 0.25) is 11.7 Å². The fourth-order valence-electron chi connectivity index (χ4n) is 3.28. The van der Waals surface area contributed by atoms with E-state index in [1.54, 1.807) is 25.2 Å². The van der Waals surface area contributed by atoms with Gasteiger partial charge < -0.3 is 31.3 Å². The summed E-state index contributed by atoms with van der Waals surface area (Å²) in [6.45, 7) is 7.75. The summed E-state index contributed by atoms with van der Waals surface area (Å²) in [6, 6.07) is 0. The number of carbonyl (C=O) groups excluding carboxylic acids is 2. The van der Waals surface area contributed by atoms with E-state index in [0.29, 0.717) is 47.9 Å². The molecule has 5 N–H and O–H groups in total. The van der Waals surface area contributed by atoms with Crippen LogP contribution in [0.2, 0.25) is 0 Å². The van der Waals surface area contributed by atoms with Crippen molar-refractivity contribution in [1.29, 1.82) is 0 Å². The first-order valence-corrected chi connectivity index (χ1v) is 11.5. The molecule has 1 unspecified atom stereocenters. The highest BCUT2D eigenvalue weighted by atomic mass is 35.5. The number of hydrogen-bond acceptors (Lipinski definition) is 6. The zero-order valence-electron chi connectivity index (χ0n) is 20.2. The van der Waals surface area contributed by atoms with E-state index < -0.39 is 6.17 Å². The van der Waals surface area contributed by atoms with Crippen LogP contribution in [0.1, 0.15) is 33.1 Å². The number of rotatable bonds is 11. The molecule has 0 aliphatic carbocycles. The zero-order valence-corrected chi connectivity index (χ0v) is 20.9. The second-order valence-corrected chi connectivity index (χ2v) is 8.36. The molecule has 2 aliphatic rings. The van der Waals surface area contributed by atoms with Crippen LogP contribution in [0.25, 0.3) is 0 Å². The Labute approximate surface area is 206 Å². The summed E-state index contributed by atoms with van der Waals surface area (Å²) in [6.07, 6.45) is 11.8. The summed E-state index contributed by atoms with van der Waals surface area (Å²) in [4.78, 5) is 24.7. The van der Waals surface area contributed by atoms with Crippen LogP contribution in [0.5, 0.6) is 0 Å². The van der Waals surface area contributed by atoms with E-state index in [2.05, 4.69) is 33.2 Å². The van der Waals surface area contributed by atoms with Gasteiger partial charge in [-0.15, -0.1) is 0 Å². The van der Waals surface area contributed by atoms with E-state index in [9.17, 15) is 9.59 Å². The molecule has 1 atom stereocenters. The Morgan fingerprint density at radius 1 is 1.26 bits per heavy atom. The summed E-state index contributed by atoms with van der Waals surface area (Å²) in [5, 5.41) is 15.5. The lowest BCUT2D eigenvalue weighted by Crippen LogP contribution is -2.50. The van der Waals surface area contributed by atoms with E-state index in [0.717, 1.165) is 11.3 Å². The summed E-state index contributed by atoms with van der Waals surface area (Å²) in [5.74, 6) is 0.575. The molecule has 0 saturated carbocycles. The van der Waals surface area contributed by atoms with Gasteiger partial charge in [-0.25, -0.2) is 0 Å². The molecule has 2 rings (SSSR count). The van der Waals surface area contributed by atoms with Crippen molar-refractivity contribution in [3.05, 3.63) is 82.2 Å². The van der Waals surface area contributed by atoms with Crippen molar-refractivity contribution in [2.75, 3.05) is 20.6 Å². The Balaban J connectivity index is 1.95. The maximum Gasteiger partial charge on any atom is 0.290 e. The Morgan fingerprint density at radius 3 is 2.68 bits per heavy atom. The molecule has 0 fully saturated rings. The minimum absolute atomic E-state index is 0.0583. The number of amides is 2. The van der Waals surface area contributed by atoms with Crippen molar-refractivity contribution in [3.8, 4) is 0 Å². The fourth-order valence-corrected chi connectivity index (χ4v) is 3.45.